The summed E-state index contributed by atoms with van der Waals surface area (Å²) in [7, 11) is 4.07. The Kier molecular flexibility index (Phi) is 12.1. The second kappa shape index (κ2) is 19.6. The van der Waals surface area contributed by atoms with Crippen molar-refractivity contribution < 1.29 is 0 Å². The molecule has 5 nitrogen and oxygen atoms in total. The Morgan fingerprint density at radius 1 is 0.270 bits per heavy atom. The van der Waals surface area contributed by atoms with E-state index in [2.05, 4.69) is 251 Å². The topological polar surface area (TPSA) is 48.5 Å². The predicted molar refractivity (Wildman–Crippen MR) is 307 cm³/mol. The number of hydrogen-bond donors (Lipinski definition) is 0. The summed E-state index contributed by atoms with van der Waals surface area (Å²) < 4.78 is 4.11. The van der Waals surface area contributed by atoms with Crippen molar-refractivity contribution >= 4 is 0 Å². The van der Waals surface area contributed by atoms with E-state index >= 15 is 0 Å². The summed E-state index contributed by atoms with van der Waals surface area (Å²) in [5, 5.41) is 0. The summed E-state index contributed by atoms with van der Waals surface area (Å²) in [5.74, 6) is 1.88. The number of nitrogens with zero attached hydrogens (tertiary/aromatic N) is 5. The van der Waals surface area contributed by atoms with Gasteiger partial charge in [0.25, 0.3) is 0 Å². The highest BCUT2D eigenvalue weighted by molar-refractivity contribution is 5.97. The molecule has 0 spiro atoms. The van der Waals surface area contributed by atoms with Crippen LogP contribution in [0, 0.1) is 13.8 Å². The molecular formula is C69H53N5. The second-order valence-corrected chi connectivity index (χ2v) is 19.2. The average molecular weight is 952 g/mol. The van der Waals surface area contributed by atoms with Crippen molar-refractivity contribution in [3.8, 4) is 123 Å². The van der Waals surface area contributed by atoms with E-state index in [0.29, 0.717) is 0 Å². The molecule has 12 rings (SSSR count). The first-order valence-electron chi connectivity index (χ1n) is 25.2. The molecule has 0 aliphatic heterocycles. The number of rotatable bonds is 11. The van der Waals surface area contributed by atoms with Gasteiger partial charge in [-0.2, -0.15) is 0 Å². The number of imidazole rings is 2. The van der Waals surface area contributed by atoms with Crippen LogP contribution < -0.4 is 0 Å². The molecule has 5 heteroatoms. The van der Waals surface area contributed by atoms with Crippen molar-refractivity contribution in [2.75, 3.05) is 0 Å². The van der Waals surface area contributed by atoms with Crippen LogP contribution in [0.1, 0.15) is 11.1 Å². The lowest BCUT2D eigenvalue weighted by molar-refractivity contribution is 0.925. The maximum atomic E-state index is 4.93. The molecule has 0 saturated carbocycles. The maximum absolute atomic E-state index is 4.93. The second-order valence-electron chi connectivity index (χ2n) is 19.2. The van der Waals surface area contributed by atoms with Gasteiger partial charge in [-0.05, 0) is 144 Å². The van der Waals surface area contributed by atoms with E-state index in [4.69, 9.17) is 4.98 Å². The molecule has 354 valence electrons. The van der Waals surface area contributed by atoms with Crippen LogP contribution in [0.5, 0.6) is 0 Å². The fourth-order valence-electron chi connectivity index (χ4n) is 10.4. The molecule has 0 saturated heterocycles. The highest BCUT2D eigenvalue weighted by Gasteiger charge is 2.19. The first-order chi connectivity index (χ1) is 36.3. The largest absolute Gasteiger partial charge is 0.334 e. The predicted octanol–water partition coefficient (Wildman–Crippen LogP) is 17.5. The molecule has 0 N–H and O–H groups in total. The average Bonchev–Trinajstić information content (AvgIpc) is 4.11. The minimum absolute atomic E-state index is 0.940. The fraction of sp³-hybridized carbons (Fsp3) is 0.0580. The lowest BCUT2D eigenvalue weighted by Gasteiger charge is -2.19. The van der Waals surface area contributed by atoms with E-state index in [0.717, 1.165) is 112 Å². The van der Waals surface area contributed by atoms with Crippen LogP contribution in [0.3, 0.4) is 0 Å². The van der Waals surface area contributed by atoms with Gasteiger partial charge in [0, 0.05) is 61.8 Å². The van der Waals surface area contributed by atoms with Gasteiger partial charge < -0.3 is 9.13 Å². The molecule has 0 atom stereocenters. The summed E-state index contributed by atoms with van der Waals surface area (Å²) in [6.45, 7) is 4.28. The summed E-state index contributed by atoms with van der Waals surface area (Å²) in [5.41, 5.74) is 25.0. The van der Waals surface area contributed by atoms with Crippen molar-refractivity contribution in [2.24, 2.45) is 14.1 Å². The third kappa shape index (κ3) is 8.86. The number of aromatic nitrogens is 5. The third-order valence-corrected chi connectivity index (χ3v) is 14.5. The molecule has 0 aliphatic carbocycles. The van der Waals surface area contributed by atoms with Gasteiger partial charge in [-0.25, -0.2) is 9.97 Å². The number of pyridine rings is 1. The van der Waals surface area contributed by atoms with E-state index in [1.165, 1.54) is 22.3 Å². The lowest BCUT2D eigenvalue weighted by atomic mass is 9.84. The van der Waals surface area contributed by atoms with E-state index in [1.807, 2.05) is 45.1 Å². The standard InChI is InChI=1S/C69H53N5/c1-46-40-67(72-45-47(46)2)55-34-35-65(66(44-55)52-24-22-49(23-25-52)48-14-6-5-7-15-48)64-21-13-12-20-63(64)58-42-56(61-18-10-8-16-59(61)50-26-30-53(31-27-50)68-70-36-38-73(68)3)41-57(43-58)62-19-11-9-17-60(62)51-28-32-54(33-29-51)69-71-37-39-74(69)4/h5-45H,1-4H3. The Morgan fingerprint density at radius 3 is 1.09 bits per heavy atom. The monoisotopic (exact) mass is 951 g/mol. The Hall–Kier alpha value is -9.45. The molecule has 0 fully saturated rings. The quantitative estimate of drug-likeness (QED) is 0.130. The van der Waals surface area contributed by atoms with Gasteiger partial charge in [-0.3, -0.25) is 4.98 Å². The van der Waals surface area contributed by atoms with E-state index < -0.39 is 0 Å². The minimum Gasteiger partial charge on any atom is -0.334 e. The van der Waals surface area contributed by atoms with Crippen LogP contribution in [0.25, 0.3) is 123 Å². The molecule has 3 heterocycles. The highest BCUT2D eigenvalue weighted by atomic mass is 15.0. The molecule has 74 heavy (non-hydrogen) atoms. The summed E-state index contributed by atoms with van der Waals surface area (Å²) in [6, 6.07) is 79.9. The van der Waals surface area contributed by atoms with E-state index in [1.54, 1.807) is 0 Å². The summed E-state index contributed by atoms with van der Waals surface area (Å²) >= 11 is 0. The lowest BCUT2D eigenvalue weighted by Crippen LogP contribution is -1.94. The van der Waals surface area contributed by atoms with Crippen molar-refractivity contribution in [1.82, 2.24) is 24.1 Å². The van der Waals surface area contributed by atoms with Crippen LogP contribution in [-0.4, -0.2) is 24.1 Å². The molecule has 3 aromatic heterocycles. The first kappa shape index (κ1) is 45.7. The summed E-state index contributed by atoms with van der Waals surface area (Å²) in [6.07, 6.45) is 9.65. The van der Waals surface area contributed by atoms with Gasteiger partial charge >= 0.3 is 0 Å². The first-order valence-corrected chi connectivity index (χ1v) is 25.2. The van der Waals surface area contributed by atoms with Crippen molar-refractivity contribution in [3.63, 3.8) is 0 Å². The highest BCUT2D eigenvalue weighted by Crippen LogP contribution is 2.45. The van der Waals surface area contributed by atoms with Gasteiger partial charge in [0.2, 0.25) is 0 Å². The van der Waals surface area contributed by atoms with Gasteiger partial charge in [-0.15, -0.1) is 0 Å². The van der Waals surface area contributed by atoms with Crippen molar-refractivity contribution in [2.45, 2.75) is 13.8 Å². The van der Waals surface area contributed by atoms with Gasteiger partial charge in [0.1, 0.15) is 11.6 Å². The van der Waals surface area contributed by atoms with Gasteiger partial charge in [0.15, 0.2) is 0 Å². The maximum Gasteiger partial charge on any atom is 0.139 e. The smallest absolute Gasteiger partial charge is 0.139 e. The van der Waals surface area contributed by atoms with E-state index in [-0.39, 0.29) is 0 Å². The molecule has 0 aliphatic rings. The van der Waals surface area contributed by atoms with Gasteiger partial charge in [-0.1, -0.05) is 188 Å². The Morgan fingerprint density at radius 2 is 0.635 bits per heavy atom. The van der Waals surface area contributed by atoms with Crippen molar-refractivity contribution in [1.29, 1.82) is 0 Å². The molecule has 9 aromatic carbocycles. The Labute approximate surface area is 433 Å². The van der Waals surface area contributed by atoms with Crippen LogP contribution in [-0.2, 0) is 14.1 Å². The fourth-order valence-corrected chi connectivity index (χ4v) is 10.4. The van der Waals surface area contributed by atoms with Crippen LogP contribution in [0.4, 0.5) is 0 Å². The molecule has 0 radical (unpaired) electrons. The molecule has 0 amide bonds. The minimum atomic E-state index is 0.940. The van der Waals surface area contributed by atoms with Crippen molar-refractivity contribution in [3.05, 3.63) is 261 Å². The number of benzene rings is 9. The Balaban J connectivity index is 1.04. The third-order valence-electron chi connectivity index (χ3n) is 14.5. The molecule has 12 aromatic rings. The molecule has 0 unspecified atom stereocenters. The van der Waals surface area contributed by atoms with Gasteiger partial charge in [0.05, 0.1) is 5.69 Å². The zero-order chi connectivity index (χ0) is 50.1. The van der Waals surface area contributed by atoms with E-state index in [9.17, 15) is 0 Å². The van der Waals surface area contributed by atoms with Crippen LogP contribution >= 0.6 is 0 Å². The zero-order valence-electron chi connectivity index (χ0n) is 41.9. The van der Waals surface area contributed by atoms with Crippen LogP contribution in [0.15, 0.2) is 249 Å². The molecular weight excluding hydrogens is 899 g/mol. The Bertz CT molecular complexity index is 3830. The number of aryl methyl sites for hydroxylation is 4. The summed E-state index contributed by atoms with van der Waals surface area (Å²) in [4.78, 5) is 14.2. The zero-order valence-corrected chi connectivity index (χ0v) is 41.9. The number of hydrogen-bond acceptors (Lipinski definition) is 3. The normalized spacial score (nSPS) is 11.2. The SMILES string of the molecule is Cc1cnc(-c2ccc(-c3ccccc3-c3cc(-c4ccccc4-c4ccc(-c5nccn5C)cc4)cc(-c4ccccc4-c4ccc(-c5nccn5C)cc4)c3)c(-c3ccc(-c4ccccc4)cc3)c2)cc1C. The molecule has 0 bridgehead atoms. The van der Waals surface area contributed by atoms with Crippen LogP contribution in [0.2, 0.25) is 0 Å².